The van der Waals surface area contributed by atoms with Gasteiger partial charge in [0.2, 0.25) is 0 Å². The smallest absolute Gasteiger partial charge is 0.0535 e. The van der Waals surface area contributed by atoms with Gasteiger partial charge in [0.05, 0.1) is 11.0 Å². The molecular weight excluding hydrogens is 446 g/mol. The molecule has 1 heteroatoms. The highest BCUT2D eigenvalue weighted by Gasteiger charge is 2.38. The summed E-state index contributed by atoms with van der Waals surface area (Å²) in [4.78, 5) is 0. The van der Waals surface area contributed by atoms with E-state index in [2.05, 4.69) is 110 Å². The number of hydrogen-bond donors (Lipinski definition) is 0. The van der Waals surface area contributed by atoms with Crippen LogP contribution in [-0.4, -0.2) is 4.57 Å². The van der Waals surface area contributed by atoms with Crippen LogP contribution >= 0.6 is 0 Å². The second kappa shape index (κ2) is 9.71. The number of para-hydroxylation sites is 1. The Morgan fingerprint density at radius 3 is 2.22 bits per heavy atom. The lowest BCUT2D eigenvalue weighted by molar-refractivity contribution is 0.481. The maximum absolute atomic E-state index is 4.07. The number of nitrogens with zero attached hydrogens (tertiary/aromatic N) is 1. The quantitative estimate of drug-likeness (QED) is 0.184. The van der Waals surface area contributed by atoms with Crippen molar-refractivity contribution in [2.24, 2.45) is 0 Å². The molecule has 4 aromatic carbocycles. The molecule has 0 amide bonds. The Balaban J connectivity index is 1.40. The van der Waals surface area contributed by atoms with Crippen molar-refractivity contribution in [1.29, 1.82) is 0 Å². The van der Waals surface area contributed by atoms with Gasteiger partial charge in [-0.05, 0) is 64.1 Å². The molecule has 0 bridgehead atoms. The topological polar surface area (TPSA) is 4.93 Å². The number of hydrogen-bond acceptors (Lipinski definition) is 0. The van der Waals surface area contributed by atoms with Gasteiger partial charge in [0.15, 0.2) is 0 Å². The van der Waals surface area contributed by atoms with Crippen molar-refractivity contribution in [3.63, 3.8) is 0 Å². The molecule has 6 rings (SSSR count). The summed E-state index contributed by atoms with van der Waals surface area (Å²) in [5.41, 5.74) is 10.9. The Hall–Kier alpha value is -3.58. The van der Waals surface area contributed by atoms with Gasteiger partial charge in [0.25, 0.3) is 0 Å². The van der Waals surface area contributed by atoms with Crippen LogP contribution in [0.3, 0.4) is 0 Å². The minimum atomic E-state index is 0.0651. The van der Waals surface area contributed by atoms with Crippen LogP contribution in [0.1, 0.15) is 69.9 Å². The summed E-state index contributed by atoms with van der Waals surface area (Å²) >= 11 is 0. The van der Waals surface area contributed by atoms with Crippen molar-refractivity contribution < 1.29 is 0 Å². The maximum Gasteiger partial charge on any atom is 0.0535 e. The molecule has 0 aliphatic heterocycles. The molecule has 0 saturated carbocycles. The molecule has 0 N–H and O–H groups in total. The molecule has 186 valence electrons. The lowest BCUT2D eigenvalue weighted by Crippen LogP contribution is -2.20. The van der Waals surface area contributed by atoms with Crippen LogP contribution in [0.4, 0.5) is 0 Å². The normalized spacial score (nSPS) is 16.3. The number of unbranched alkanes of at least 4 members (excludes halogenated alkanes) is 5. The zero-order valence-corrected chi connectivity index (χ0v) is 22.3. The van der Waals surface area contributed by atoms with Crippen molar-refractivity contribution in [3.8, 4) is 22.3 Å². The van der Waals surface area contributed by atoms with E-state index in [0.29, 0.717) is 0 Å². The summed E-state index contributed by atoms with van der Waals surface area (Å²) in [5, 5.41) is 2.56. The molecule has 5 aromatic rings. The van der Waals surface area contributed by atoms with Crippen LogP contribution in [0, 0.1) is 0 Å². The minimum absolute atomic E-state index is 0.0651. The van der Waals surface area contributed by atoms with Gasteiger partial charge in [-0.3, -0.25) is 0 Å². The molecule has 37 heavy (non-hydrogen) atoms. The summed E-state index contributed by atoms with van der Waals surface area (Å²) in [6, 6.07) is 31.8. The number of aromatic nitrogens is 1. The SMILES string of the molecule is C=Cn1c2ccccc2c2cc(-c3ccc4c(c3)C(C)(CCCCCCCC)c3ccccc3-4)ccc21. The van der Waals surface area contributed by atoms with E-state index in [1.54, 1.807) is 0 Å². The van der Waals surface area contributed by atoms with E-state index in [0.717, 1.165) is 0 Å². The van der Waals surface area contributed by atoms with Crippen molar-refractivity contribution in [2.75, 3.05) is 0 Å². The zero-order valence-electron chi connectivity index (χ0n) is 22.3. The largest absolute Gasteiger partial charge is 0.317 e. The second-order valence-electron chi connectivity index (χ2n) is 11.0. The monoisotopic (exact) mass is 483 g/mol. The van der Waals surface area contributed by atoms with Crippen LogP contribution in [0.15, 0.2) is 91.5 Å². The summed E-state index contributed by atoms with van der Waals surface area (Å²) in [6.45, 7) is 8.84. The first-order chi connectivity index (χ1) is 18.2. The number of rotatable bonds is 9. The van der Waals surface area contributed by atoms with Gasteiger partial charge in [-0.15, -0.1) is 0 Å². The molecule has 1 nitrogen and oxygen atoms in total. The lowest BCUT2D eigenvalue weighted by atomic mass is 9.75. The molecule has 1 atom stereocenters. The Morgan fingerprint density at radius 1 is 0.676 bits per heavy atom. The molecule has 0 spiro atoms. The van der Waals surface area contributed by atoms with Crippen LogP contribution in [0.2, 0.25) is 0 Å². The highest BCUT2D eigenvalue weighted by molar-refractivity contribution is 6.10. The highest BCUT2D eigenvalue weighted by atomic mass is 14.9. The summed E-state index contributed by atoms with van der Waals surface area (Å²) in [7, 11) is 0. The van der Waals surface area contributed by atoms with Crippen molar-refractivity contribution in [3.05, 3.63) is 103 Å². The fourth-order valence-corrected chi connectivity index (χ4v) is 6.67. The molecule has 0 fully saturated rings. The summed E-state index contributed by atoms with van der Waals surface area (Å²) in [5.74, 6) is 0. The van der Waals surface area contributed by atoms with Gasteiger partial charge in [-0.2, -0.15) is 0 Å². The highest BCUT2D eigenvalue weighted by Crippen LogP contribution is 2.52. The van der Waals surface area contributed by atoms with Crippen LogP contribution in [0.25, 0.3) is 50.3 Å². The van der Waals surface area contributed by atoms with Crippen LogP contribution in [-0.2, 0) is 5.41 Å². The Bertz CT molecular complexity index is 1600. The maximum atomic E-state index is 4.07. The van der Waals surface area contributed by atoms with Gasteiger partial charge < -0.3 is 4.57 Å². The average molecular weight is 484 g/mol. The lowest BCUT2D eigenvalue weighted by Gasteiger charge is -2.28. The van der Waals surface area contributed by atoms with E-state index < -0.39 is 0 Å². The predicted molar refractivity (Wildman–Crippen MR) is 161 cm³/mol. The fraction of sp³-hybridized carbons (Fsp3) is 0.278. The first kappa shape index (κ1) is 23.8. The second-order valence-corrected chi connectivity index (χ2v) is 11.0. The van der Waals surface area contributed by atoms with E-state index in [-0.39, 0.29) is 5.41 Å². The van der Waals surface area contributed by atoms with E-state index >= 15 is 0 Å². The third-order valence-electron chi connectivity index (χ3n) is 8.68. The van der Waals surface area contributed by atoms with Crippen molar-refractivity contribution >= 4 is 28.0 Å². The minimum Gasteiger partial charge on any atom is -0.317 e. The van der Waals surface area contributed by atoms with E-state index in [9.17, 15) is 0 Å². The van der Waals surface area contributed by atoms with E-state index in [4.69, 9.17) is 0 Å². The number of benzene rings is 4. The van der Waals surface area contributed by atoms with Gasteiger partial charge in [-0.25, -0.2) is 0 Å². The fourth-order valence-electron chi connectivity index (χ4n) is 6.67. The van der Waals surface area contributed by atoms with E-state index in [1.807, 2.05) is 6.20 Å². The van der Waals surface area contributed by atoms with Gasteiger partial charge in [0.1, 0.15) is 0 Å². The molecular formula is C36H37N. The Kier molecular flexibility index (Phi) is 6.24. The molecule has 1 heterocycles. The molecule has 1 aliphatic carbocycles. The molecule has 0 saturated heterocycles. The van der Waals surface area contributed by atoms with Gasteiger partial charge in [0, 0.05) is 22.4 Å². The first-order valence-corrected chi connectivity index (χ1v) is 14.1. The third-order valence-corrected chi connectivity index (χ3v) is 8.68. The van der Waals surface area contributed by atoms with Crippen LogP contribution in [0.5, 0.6) is 0 Å². The summed E-state index contributed by atoms with van der Waals surface area (Å²) in [6.07, 6.45) is 11.1. The Labute approximate surface area is 221 Å². The third kappa shape index (κ3) is 3.93. The first-order valence-electron chi connectivity index (χ1n) is 14.1. The Morgan fingerprint density at radius 2 is 1.35 bits per heavy atom. The summed E-state index contributed by atoms with van der Waals surface area (Å²) < 4.78 is 2.20. The molecule has 1 aliphatic rings. The van der Waals surface area contributed by atoms with Crippen LogP contribution < -0.4 is 0 Å². The van der Waals surface area contributed by atoms with Gasteiger partial charge >= 0.3 is 0 Å². The van der Waals surface area contributed by atoms with Gasteiger partial charge in [-0.1, -0.05) is 120 Å². The molecule has 1 unspecified atom stereocenters. The zero-order chi connectivity index (χ0) is 25.4. The van der Waals surface area contributed by atoms with Crippen molar-refractivity contribution in [1.82, 2.24) is 4.57 Å². The van der Waals surface area contributed by atoms with E-state index in [1.165, 1.54) is 100 Å². The van der Waals surface area contributed by atoms with Crippen molar-refractivity contribution in [2.45, 2.75) is 64.2 Å². The standard InChI is InChI=1S/C36H37N/c1-4-6-7-8-9-14-23-36(3)32-17-12-10-15-28(32)29-21-19-27(25-33(29)36)26-20-22-35-31(24-26)30-16-11-13-18-34(30)37(35)5-2/h5,10-13,15-22,24-25H,2,4,6-9,14,23H2,1,3H3. The predicted octanol–water partition coefficient (Wildman–Crippen LogP) is 10.6. The molecule has 1 aromatic heterocycles. The molecule has 0 radical (unpaired) electrons. The average Bonchev–Trinajstić information content (AvgIpc) is 3.40. The number of fused-ring (bicyclic) bond motifs is 6.